The van der Waals surface area contributed by atoms with Crippen LogP contribution < -0.4 is 0 Å². The number of allylic oxidation sites excluding steroid dienone is 1. The highest BCUT2D eigenvalue weighted by Gasteiger charge is 2.18. The van der Waals surface area contributed by atoms with Gasteiger partial charge < -0.3 is 5.11 Å². The van der Waals surface area contributed by atoms with Gasteiger partial charge in [-0.1, -0.05) is 22.6 Å². The van der Waals surface area contributed by atoms with Crippen LogP contribution in [-0.4, -0.2) is 20.0 Å². The van der Waals surface area contributed by atoms with E-state index in [-0.39, 0.29) is 9.68 Å². The highest BCUT2D eigenvalue weighted by molar-refractivity contribution is 14.1. The summed E-state index contributed by atoms with van der Waals surface area (Å²) in [4.78, 5) is 0.385. The van der Waals surface area contributed by atoms with Gasteiger partial charge in [0.05, 0.1) is 8.41 Å². The third kappa shape index (κ3) is 1.92. The number of nitrogens with zero attached hydrogens (tertiary/aromatic N) is 1. The maximum Gasteiger partial charge on any atom is 0.255 e. The summed E-state index contributed by atoms with van der Waals surface area (Å²) in [6, 6.07) is 0. The zero-order chi connectivity index (χ0) is 6.85. The van der Waals surface area contributed by atoms with Crippen molar-refractivity contribution in [2.24, 2.45) is 0 Å². The van der Waals surface area contributed by atoms with Gasteiger partial charge in [-0.05, 0) is 0 Å². The Morgan fingerprint density at radius 2 is 2.56 bits per heavy atom. The van der Waals surface area contributed by atoms with Crippen molar-refractivity contribution < 1.29 is 14.4 Å². The van der Waals surface area contributed by atoms with Crippen LogP contribution in [0, 0.1) is 0 Å². The maximum absolute atomic E-state index is 12.2. The second-order valence-electron chi connectivity index (χ2n) is 1.83. The zero-order valence-corrected chi connectivity index (χ0v) is 6.75. The number of hydrogen-bond donors (Lipinski definition) is 1. The lowest BCUT2D eigenvalue weighted by Crippen LogP contribution is -2.13. The minimum absolute atomic E-state index is 0.0672. The van der Waals surface area contributed by atoms with Gasteiger partial charge in [0, 0.05) is 11.2 Å². The van der Waals surface area contributed by atoms with Gasteiger partial charge in [0.15, 0.2) is 5.76 Å². The lowest BCUT2D eigenvalue weighted by molar-refractivity contribution is -0.652. The van der Waals surface area contributed by atoms with Gasteiger partial charge in [-0.3, -0.25) is 0 Å². The number of rotatable bonds is 0. The third-order valence-electron chi connectivity index (χ3n) is 0.981. The maximum atomic E-state index is 12.2. The molecule has 0 saturated carbocycles. The molecule has 1 aliphatic heterocycles. The molecular weight excluding hydrogens is 236 g/mol. The molecule has 1 aliphatic rings. The predicted octanol–water partition coefficient (Wildman–Crippen LogP) is 1.56. The zero-order valence-electron chi connectivity index (χ0n) is 4.59. The Kier molecular flexibility index (Phi) is 2.05. The summed E-state index contributed by atoms with van der Waals surface area (Å²) in [5.41, 5.74) is 0. The van der Waals surface area contributed by atoms with Crippen molar-refractivity contribution in [3.8, 4) is 0 Å². The van der Waals surface area contributed by atoms with Crippen molar-refractivity contribution in [2.45, 2.75) is 10.3 Å². The lowest BCUT2D eigenvalue weighted by atomic mass is 10.2. The summed E-state index contributed by atoms with van der Waals surface area (Å²) in [6.07, 6.45) is 3.00. The molecule has 0 fully saturated rings. The first-order chi connectivity index (χ1) is 4.18. The average molecular weight is 242 g/mol. The average Bonchev–Trinajstić information content (AvgIpc) is 1.59. The van der Waals surface area contributed by atoms with E-state index in [9.17, 15) is 4.48 Å². The van der Waals surface area contributed by atoms with E-state index in [4.69, 9.17) is 5.11 Å². The molecule has 0 aromatic carbocycles. The van der Waals surface area contributed by atoms with Gasteiger partial charge in [-0.25, -0.2) is 0 Å². The van der Waals surface area contributed by atoms with Gasteiger partial charge in [-0.2, -0.15) is 0 Å². The molecule has 50 valence electrons. The second kappa shape index (κ2) is 2.64. The molecule has 1 N–H and O–H groups in total. The fourth-order valence-electron chi connectivity index (χ4n) is 0.645. The van der Waals surface area contributed by atoms with E-state index in [1.54, 1.807) is 0 Å². The van der Waals surface area contributed by atoms with Crippen LogP contribution >= 0.6 is 22.6 Å². The Morgan fingerprint density at radius 3 is 3.00 bits per heavy atom. The molecule has 0 amide bonds. The Labute approximate surface area is 65.8 Å². The van der Waals surface area contributed by atoms with Gasteiger partial charge in [0.1, 0.15) is 0 Å². The van der Waals surface area contributed by atoms with Crippen molar-refractivity contribution in [1.29, 1.82) is 0 Å². The number of alkyl halides is 1. The Balaban J connectivity index is 2.74. The normalized spacial score (nSPS) is 27.1. The molecule has 0 spiro atoms. The molecular formula is C5H6FINO+. The molecule has 1 unspecified atom stereocenters. The van der Waals surface area contributed by atoms with E-state index in [1.165, 1.54) is 6.21 Å². The van der Waals surface area contributed by atoms with Crippen molar-refractivity contribution in [3.63, 3.8) is 0 Å². The molecule has 0 saturated heterocycles. The summed E-state index contributed by atoms with van der Waals surface area (Å²) >= 11 is 2.05. The van der Waals surface area contributed by atoms with Crippen LogP contribution in [0.25, 0.3) is 0 Å². The third-order valence-corrected chi connectivity index (χ3v) is 1.74. The van der Waals surface area contributed by atoms with Crippen molar-refractivity contribution in [2.75, 3.05) is 0 Å². The fraction of sp³-hybridized carbons (Fsp3) is 0.400. The molecule has 0 aromatic heterocycles. The van der Waals surface area contributed by atoms with Crippen LogP contribution in [0.4, 0.5) is 4.48 Å². The van der Waals surface area contributed by atoms with Crippen LogP contribution in [-0.2, 0) is 0 Å². The van der Waals surface area contributed by atoms with Gasteiger partial charge in [0.2, 0.25) is 6.21 Å². The second-order valence-corrected chi connectivity index (χ2v) is 3.43. The van der Waals surface area contributed by atoms with Gasteiger partial charge in [0.25, 0.3) is 6.20 Å². The van der Waals surface area contributed by atoms with Crippen molar-refractivity contribution >= 4 is 28.8 Å². The van der Waals surface area contributed by atoms with E-state index in [0.717, 1.165) is 6.20 Å². The Hall–Kier alpha value is -0.130. The monoisotopic (exact) mass is 242 g/mol. The number of aliphatic hydroxyl groups is 1. The minimum atomic E-state index is 0.0672. The number of halogens is 2. The van der Waals surface area contributed by atoms with Crippen LogP contribution in [0.2, 0.25) is 0 Å². The van der Waals surface area contributed by atoms with E-state index in [2.05, 4.69) is 0 Å². The summed E-state index contributed by atoms with van der Waals surface area (Å²) in [7, 11) is 0. The molecule has 2 nitrogen and oxygen atoms in total. The van der Waals surface area contributed by atoms with Crippen LogP contribution in [0.15, 0.2) is 12.0 Å². The summed E-state index contributed by atoms with van der Waals surface area (Å²) in [5, 5.41) is 8.80. The molecule has 0 aliphatic carbocycles. The lowest BCUT2D eigenvalue weighted by Gasteiger charge is -2.01. The smallest absolute Gasteiger partial charge is 0.255 e. The molecule has 9 heavy (non-hydrogen) atoms. The molecule has 0 radical (unpaired) electrons. The van der Waals surface area contributed by atoms with Crippen LogP contribution in [0.5, 0.6) is 0 Å². The standard InChI is InChI=1S/C5H5FINO/c6-8-2-4(7)1-5(9)3-8/h2-4H,1H2/p+1. The molecule has 1 atom stereocenters. The molecule has 1 heterocycles. The molecule has 0 bridgehead atoms. The predicted molar refractivity (Wildman–Crippen MR) is 40.6 cm³/mol. The summed E-state index contributed by atoms with van der Waals surface area (Å²) in [6.45, 7) is 0. The molecule has 4 heteroatoms. The Morgan fingerprint density at radius 1 is 1.89 bits per heavy atom. The number of hydrogen-bond acceptors (Lipinski definition) is 1. The first-order valence-electron chi connectivity index (χ1n) is 2.51. The largest absolute Gasteiger partial charge is 0.506 e. The summed E-state index contributed by atoms with van der Waals surface area (Å²) < 4.78 is 12.3. The van der Waals surface area contributed by atoms with E-state index in [1.807, 2.05) is 22.6 Å². The van der Waals surface area contributed by atoms with Crippen molar-refractivity contribution in [3.05, 3.63) is 12.0 Å². The molecule has 1 rings (SSSR count). The fourth-order valence-corrected chi connectivity index (χ4v) is 1.40. The molecule has 0 aromatic rings. The Bertz CT molecular complexity index is 178. The van der Waals surface area contributed by atoms with E-state index < -0.39 is 0 Å². The number of aliphatic hydroxyl groups excluding tert-OH is 1. The first kappa shape index (κ1) is 6.98. The topological polar surface area (TPSA) is 23.2 Å². The first-order valence-corrected chi connectivity index (χ1v) is 3.76. The SMILES string of the molecule is OC1=C[N+](F)=CC(I)C1. The van der Waals surface area contributed by atoms with E-state index in [0.29, 0.717) is 11.2 Å². The highest BCUT2D eigenvalue weighted by atomic mass is 127. The van der Waals surface area contributed by atoms with E-state index >= 15 is 0 Å². The summed E-state index contributed by atoms with van der Waals surface area (Å²) in [5.74, 6) is 0.0967. The van der Waals surface area contributed by atoms with Gasteiger partial charge in [-0.15, -0.1) is 0 Å². The van der Waals surface area contributed by atoms with Crippen LogP contribution in [0.3, 0.4) is 0 Å². The van der Waals surface area contributed by atoms with Crippen LogP contribution in [0.1, 0.15) is 6.42 Å². The quantitative estimate of drug-likeness (QED) is 0.389. The minimum Gasteiger partial charge on any atom is -0.506 e. The van der Waals surface area contributed by atoms with Gasteiger partial charge >= 0.3 is 0 Å². The van der Waals surface area contributed by atoms with Crippen molar-refractivity contribution in [1.82, 2.24) is 0 Å². The highest BCUT2D eigenvalue weighted by Crippen LogP contribution is 2.13.